The second-order valence-electron chi connectivity index (χ2n) is 6.52. The van der Waals surface area contributed by atoms with Crippen LogP contribution in [0, 0.1) is 16.7 Å². The Morgan fingerprint density at radius 2 is 1.56 bits per heavy atom. The van der Waals surface area contributed by atoms with Crippen LogP contribution in [0.25, 0.3) is 0 Å². The third-order valence-corrected chi connectivity index (χ3v) is 3.89. The molecule has 16 heavy (non-hydrogen) atoms. The average Bonchev–Trinajstić information content (AvgIpc) is 2.16. The van der Waals surface area contributed by atoms with Gasteiger partial charge in [-0.1, -0.05) is 27.7 Å². The minimum atomic E-state index is -0.266. The summed E-state index contributed by atoms with van der Waals surface area (Å²) in [5.74, 6) is 0.827. The molecular formula is C14H24O2. The van der Waals surface area contributed by atoms with Crippen molar-refractivity contribution in [1.82, 2.24) is 0 Å². The molecule has 0 atom stereocenters. The third kappa shape index (κ3) is 2.72. The summed E-state index contributed by atoms with van der Waals surface area (Å²) >= 11 is 0. The molecule has 0 N–H and O–H groups in total. The van der Waals surface area contributed by atoms with Gasteiger partial charge in [0.1, 0.15) is 11.6 Å². The van der Waals surface area contributed by atoms with Gasteiger partial charge in [-0.15, -0.1) is 0 Å². The van der Waals surface area contributed by atoms with Crippen LogP contribution in [0.3, 0.4) is 0 Å². The number of carbonyl (C=O) groups is 2. The first kappa shape index (κ1) is 13.4. The molecule has 0 unspecified atom stereocenters. The number of rotatable bonds is 2. The van der Waals surface area contributed by atoms with E-state index in [9.17, 15) is 9.59 Å². The maximum atomic E-state index is 12.3. The zero-order chi connectivity index (χ0) is 12.6. The summed E-state index contributed by atoms with van der Waals surface area (Å²) in [6.07, 6.45) is 3.50. The Labute approximate surface area is 98.8 Å². The zero-order valence-electron chi connectivity index (χ0n) is 11.2. The fourth-order valence-corrected chi connectivity index (χ4v) is 2.79. The molecule has 2 nitrogen and oxygen atoms in total. The lowest BCUT2D eigenvalue weighted by Gasteiger charge is -2.39. The van der Waals surface area contributed by atoms with Crippen molar-refractivity contribution in [3.05, 3.63) is 0 Å². The van der Waals surface area contributed by atoms with Gasteiger partial charge in [-0.2, -0.15) is 0 Å². The lowest BCUT2D eigenvalue weighted by molar-refractivity contribution is -0.139. The summed E-state index contributed by atoms with van der Waals surface area (Å²) in [6, 6.07) is 0. The van der Waals surface area contributed by atoms with E-state index >= 15 is 0 Å². The summed E-state index contributed by atoms with van der Waals surface area (Å²) in [7, 11) is 0. The van der Waals surface area contributed by atoms with Crippen LogP contribution < -0.4 is 0 Å². The first-order valence-corrected chi connectivity index (χ1v) is 6.22. The number of hydrogen-bond donors (Lipinski definition) is 0. The Kier molecular flexibility index (Phi) is 3.61. The van der Waals surface area contributed by atoms with E-state index in [2.05, 4.69) is 6.92 Å². The molecular weight excluding hydrogens is 200 g/mol. The SMILES string of the molecule is CC(=O)[C@H]1CC[C@](C)(C(=O)C(C)(C)C)CC1. The summed E-state index contributed by atoms with van der Waals surface area (Å²) < 4.78 is 0. The molecule has 92 valence electrons. The van der Waals surface area contributed by atoms with Crippen molar-refractivity contribution in [3.63, 3.8) is 0 Å². The van der Waals surface area contributed by atoms with Gasteiger partial charge in [0.25, 0.3) is 0 Å². The molecule has 0 radical (unpaired) electrons. The van der Waals surface area contributed by atoms with Gasteiger partial charge in [0.2, 0.25) is 0 Å². The highest BCUT2D eigenvalue weighted by molar-refractivity contribution is 5.89. The van der Waals surface area contributed by atoms with Crippen LogP contribution in [-0.2, 0) is 9.59 Å². The minimum absolute atomic E-state index is 0.195. The van der Waals surface area contributed by atoms with E-state index in [1.54, 1.807) is 6.92 Å². The molecule has 0 heterocycles. The van der Waals surface area contributed by atoms with Crippen LogP contribution >= 0.6 is 0 Å². The highest BCUT2D eigenvalue weighted by atomic mass is 16.1. The number of ketones is 2. The standard InChI is InChI=1S/C14H24O2/c1-10(15)11-6-8-14(5,9-7-11)12(16)13(2,3)4/h11H,6-9H2,1-5H3/t11-,14-. The smallest absolute Gasteiger partial charge is 0.144 e. The van der Waals surface area contributed by atoms with Gasteiger partial charge in [0, 0.05) is 16.7 Å². The van der Waals surface area contributed by atoms with E-state index < -0.39 is 0 Å². The number of carbonyl (C=O) groups excluding carboxylic acids is 2. The van der Waals surface area contributed by atoms with Crippen molar-refractivity contribution in [2.75, 3.05) is 0 Å². The van der Waals surface area contributed by atoms with E-state index in [0.717, 1.165) is 25.7 Å². The van der Waals surface area contributed by atoms with Crippen molar-refractivity contribution in [2.45, 2.75) is 60.3 Å². The second kappa shape index (κ2) is 4.31. The van der Waals surface area contributed by atoms with Gasteiger partial charge >= 0.3 is 0 Å². The highest BCUT2D eigenvalue weighted by Crippen LogP contribution is 2.43. The van der Waals surface area contributed by atoms with Crippen LogP contribution in [-0.4, -0.2) is 11.6 Å². The monoisotopic (exact) mass is 224 g/mol. The molecule has 1 aliphatic carbocycles. The predicted molar refractivity (Wildman–Crippen MR) is 65.2 cm³/mol. The lowest BCUT2D eigenvalue weighted by Crippen LogP contribution is -2.40. The molecule has 1 fully saturated rings. The molecule has 2 heteroatoms. The van der Waals surface area contributed by atoms with Crippen molar-refractivity contribution in [1.29, 1.82) is 0 Å². The van der Waals surface area contributed by atoms with Gasteiger partial charge in [-0.3, -0.25) is 9.59 Å². The second-order valence-corrected chi connectivity index (χ2v) is 6.52. The maximum absolute atomic E-state index is 12.3. The van der Waals surface area contributed by atoms with Gasteiger partial charge in [-0.25, -0.2) is 0 Å². The van der Waals surface area contributed by atoms with Crippen LogP contribution in [0.4, 0.5) is 0 Å². The van der Waals surface area contributed by atoms with Crippen LogP contribution in [0.1, 0.15) is 60.3 Å². The molecule has 0 aromatic heterocycles. The van der Waals surface area contributed by atoms with Crippen LogP contribution in [0.2, 0.25) is 0 Å². The first-order chi connectivity index (χ1) is 7.17. The summed E-state index contributed by atoms with van der Waals surface area (Å²) in [6.45, 7) is 9.68. The van der Waals surface area contributed by atoms with Crippen molar-refractivity contribution >= 4 is 11.6 Å². The van der Waals surface area contributed by atoms with Gasteiger partial charge in [-0.05, 0) is 32.6 Å². The van der Waals surface area contributed by atoms with E-state index in [0.29, 0.717) is 5.78 Å². The van der Waals surface area contributed by atoms with Gasteiger partial charge < -0.3 is 0 Å². The Hall–Kier alpha value is -0.660. The Morgan fingerprint density at radius 1 is 1.12 bits per heavy atom. The van der Waals surface area contributed by atoms with Crippen molar-refractivity contribution in [2.24, 2.45) is 16.7 Å². The van der Waals surface area contributed by atoms with Crippen molar-refractivity contribution < 1.29 is 9.59 Å². The third-order valence-electron chi connectivity index (χ3n) is 3.89. The van der Waals surface area contributed by atoms with Crippen LogP contribution in [0.15, 0.2) is 0 Å². The minimum Gasteiger partial charge on any atom is -0.300 e. The Bertz CT molecular complexity index is 288. The Morgan fingerprint density at radius 3 is 1.88 bits per heavy atom. The number of hydrogen-bond acceptors (Lipinski definition) is 2. The number of Topliss-reactive ketones (excluding diaryl/α,β-unsaturated/α-hetero) is 2. The van der Waals surface area contributed by atoms with E-state index in [1.807, 2.05) is 20.8 Å². The van der Waals surface area contributed by atoms with E-state index in [4.69, 9.17) is 0 Å². The van der Waals surface area contributed by atoms with E-state index in [1.165, 1.54) is 0 Å². The molecule has 0 aliphatic heterocycles. The average molecular weight is 224 g/mol. The predicted octanol–water partition coefficient (Wildman–Crippen LogP) is 3.39. The fraction of sp³-hybridized carbons (Fsp3) is 0.857. The molecule has 0 saturated heterocycles. The van der Waals surface area contributed by atoms with Crippen molar-refractivity contribution in [3.8, 4) is 0 Å². The first-order valence-electron chi connectivity index (χ1n) is 6.22. The van der Waals surface area contributed by atoms with Gasteiger partial charge in [0.15, 0.2) is 0 Å². The largest absolute Gasteiger partial charge is 0.300 e. The molecule has 0 aromatic carbocycles. The summed E-state index contributed by atoms with van der Waals surface area (Å²) in [5.41, 5.74) is -0.470. The molecule has 0 bridgehead atoms. The maximum Gasteiger partial charge on any atom is 0.144 e. The fourth-order valence-electron chi connectivity index (χ4n) is 2.79. The molecule has 1 saturated carbocycles. The summed E-state index contributed by atoms with van der Waals surface area (Å²) in [5, 5.41) is 0. The van der Waals surface area contributed by atoms with Gasteiger partial charge in [0.05, 0.1) is 0 Å². The molecule has 1 rings (SSSR count). The van der Waals surface area contributed by atoms with E-state index in [-0.39, 0.29) is 22.5 Å². The molecule has 1 aliphatic rings. The van der Waals surface area contributed by atoms with Crippen LogP contribution in [0.5, 0.6) is 0 Å². The molecule has 0 amide bonds. The molecule has 0 spiro atoms. The molecule has 0 aromatic rings. The quantitative estimate of drug-likeness (QED) is 0.720. The highest BCUT2D eigenvalue weighted by Gasteiger charge is 2.42. The Balaban J connectivity index is 2.70. The summed E-state index contributed by atoms with van der Waals surface area (Å²) in [4.78, 5) is 23.6. The lowest BCUT2D eigenvalue weighted by atomic mass is 9.63. The zero-order valence-corrected chi connectivity index (χ0v) is 11.2. The topological polar surface area (TPSA) is 34.1 Å². The normalized spacial score (nSPS) is 31.2.